The predicted molar refractivity (Wildman–Crippen MR) is 98.6 cm³/mol. The molecule has 134 valence electrons. The van der Waals surface area contributed by atoms with E-state index in [9.17, 15) is 9.59 Å². The lowest BCUT2D eigenvalue weighted by Crippen LogP contribution is -2.12. The van der Waals surface area contributed by atoms with Crippen molar-refractivity contribution in [3.8, 4) is 5.75 Å². The monoisotopic (exact) mass is 352 g/mol. The standard InChI is InChI=1S/C20H20N2O4/c1-13-21-17-11-8-15(12-19(17)26-13)22-20(24)5-3-4-18(23)14-6-9-16(25-2)10-7-14/h6-12H,3-5H2,1-2H3,(H,22,24). The molecule has 3 rings (SSSR count). The van der Waals surface area contributed by atoms with Crippen LogP contribution in [0.4, 0.5) is 5.69 Å². The van der Waals surface area contributed by atoms with Crippen LogP contribution in [-0.4, -0.2) is 23.8 Å². The van der Waals surface area contributed by atoms with Gasteiger partial charge in [-0.15, -0.1) is 0 Å². The summed E-state index contributed by atoms with van der Waals surface area (Å²) in [5, 5.41) is 2.82. The third kappa shape index (κ3) is 4.27. The number of rotatable bonds is 7. The van der Waals surface area contributed by atoms with E-state index in [0.29, 0.717) is 41.3 Å². The summed E-state index contributed by atoms with van der Waals surface area (Å²) >= 11 is 0. The van der Waals surface area contributed by atoms with Gasteiger partial charge in [-0.3, -0.25) is 9.59 Å². The van der Waals surface area contributed by atoms with Gasteiger partial charge in [-0.1, -0.05) is 0 Å². The van der Waals surface area contributed by atoms with Crippen LogP contribution in [0.3, 0.4) is 0 Å². The molecule has 2 aromatic carbocycles. The summed E-state index contributed by atoms with van der Waals surface area (Å²) in [6.07, 6.45) is 1.08. The van der Waals surface area contributed by atoms with Gasteiger partial charge in [-0.2, -0.15) is 0 Å². The van der Waals surface area contributed by atoms with E-state index >= 15 is 0 Å². The van der Waals surface area contributed by atoms with Crippen molar-refractivity contribution in [2.24, 2.45) is 0 Å². The molecular formula is C20H20N2O4. The van der Waals surface area contributed by atoms with Crippen molar-refractivity contribution in [2.75, 3.05) is 12.4 Å². The second-order valence-electron chi connectivity index (χ2n) is 5.97. The zero-order valence-corrected chi connectivity index (χ0v) is 14.7. The van der Waals surface area contributed by atoms with E-state index in [1.165, 1.54) is 0 Å². The molecule has 6 heteroatoms. The van der Waals surface area contributed by atoms with E-state index in [4.69, 9.17) is 9.15 Å². The first kappa shape index (κ1) is 17.7. The molecule has 1 heterocycles. The molecule has 26 heavy (non-hydrogen) atoms. The molecule has 0 bridgehead atoms. The highest BCUT2D eigenvalue weighted by molar-refractivity contribution is 5.97. The Morgan fingerprint density at radius 3 is 2.62 bits per heavy atom. The van der Waals surface area contributed by atoms with E-state index in [1.54, 1.807) is 56.5 Å². The van der Waals surface area contributed by atoms with Crippen molar-refractivity contribution in [3.63, 3.8) is 0 Å². The fourth-order valence-corrected chi connectivity index (χ4v) is 2.67. The third-order valence-corrected chi connectivity index (χ3v) is 4.00. The summed E-state index contributed by atoms with van der Waals surface area (Å²) in [6, 6.07) is 12.3. The second kappa shape index (κ2) is 7.82. The number of carbonyl (C=O) groups is 2. The average Bonchev–Trinajstić information content (AvgIpc) is 3.01. The molecule has 1 N–H and O–H groups in total. The highest BCUT2D eigenvalue weighted by atomic mass is 16.5. The van der Waals surface area contributed by atoms with Crippen LogP contribution in [0, 0.1) is 6.92 Å². The zero-order chi connectivity index (χ0) is 18.5. The number of hydrogen-bond acceptors (Lipinski definition) is 5. The van der Waals surface area contributed by atoms with Gasteiger partial charge in [0, 0.05) is 37.1 Å². The number of nitrogens with one attached hydrogen (secondary N) is 1. The Kier molecular flexibility index (Phi) is 5.31. The first-order valence-corrected chi connectivity index (χ1v) is 8.39. The van der Waals surface area contributed by atoms with Gasteiger partial charge in [0.1, 0.15) is 11.3 Å². The molecular weight excluding hydrogens is 332 g/mol. The number of Topliss-reactive ketones (excluding diaryl/α,β-unsaturated/α-hetero) is 1. The van der Waals surface area contributed by atoms with Crippen LogP contribution in [0.5, 0.6) is 5.75 Å². The number of fused-ring (bicyclic) bond motifs is 1. The summed E-state index contributed by atoms with van der Waals surface area (Å²) in [5.41, 5.74) is 2.66. The molecule has 0 aliphatic carbocycles. The van der Waals surface area contributed by atoms with Gasteiger partial charge in [0.05, 0.1) is 7.11 Å². The maximum Gasteiger partial charge on any atom is 0.224 e. The van der Waals surface area contributed by atoms with Crippen LogP contribution < -0.4 is 10.1 Å². The third-order valence-electron chi connectivity index (χ3n) is 4.00. The number of aryl methyl sites for hydroxylation is 1. The minimum Gasteiger partial charge on any atom is -0.497 e. The first-order chi connectivity index (χ1) is 12.5. The maximum atomic E-state index is 12.1. The Hall–Kier alpha value is -3.15. The number of oxazole rings is 1. The molecule has 1 aromatic heterocycles. The van der Waals surface area contributed by atoms with Crippen LogP contribution >= 0.6 is 0 Å². The number of ether oxygens (including phenoxy) is 1. The lowest BCUT2D eigenvalue weighted by atomic mass is 10.1. The van der Waals surface area contributed by atoms with Gasteiger partial charge in [-0.05, 0) is 42.8 Å². The first-order valence-electron chi connectivity index (χ1n) is 8.39. The van der Waals surface area contributed by atoms with Crippen molar-refractivity contribution in [2.45, 2.75) is 26.2 Å². The van der Waals surface area contributed by atoms with Crippen molar-refractivity contribution in [1.82, 2.24) is 4.98 Å². The number of hydrogen-bond donors (Lipinski definition) is 1. The smallest absolute Gasteiger partial charge is 0.224 e. The Morgan fingerprint density at radius 2 is 1.88 bits per heavy atom. The minimum atomic E-state index is -0.136. The highest BCUT2D eigenvalue weighted by Gasteiger charge is 2.09. The topological polar surface area (TPSA) is 81.4 Å². The SMILES string of the molecule is COc1ccc(C(=O)CCCC(=O)Nc2ccc3nc(C)oc3c2)cc1. The van der Waals surface area contributed by atoms with Crippen molar-refractivity contribution < 1.29 is 18.7 Å². The van der Waals surface area contributed by atoms with Crippen LogP contribution in [0.1, 0.15) is 35.5 Å². The van der Waals surface area contributed by atoms with Gasteiger partial charge < -0.3 is 14.5 Å². The van der Waals surface area contributed by atoms with Gasteiger partial charge in [0.15, 0.2) is 17.3 Å². The van der Waals surface area contributed by atoms with Gasteiger partial charge in [0.25, 0.3) is 0 Å². The molecule has 0 unspecified atom stereocenters. The van der Waals surface area contributed by atoms with E-state index in [2.05, 4.69) is 10.3 Å². The van der Waals surface area contributed by atoms with Crippen molar-refractivity contribution >= 4 is 28.5 Å². The average molecular weight is 352 g/mol. The zero-order valence-electron chi connectivity index (χ0n) is 14.7. The summed E-state index contributed by atoms with van der Waals surface area (Å²) < 4.78 is 10.5. The second-order valence-corrected chi connectivity index (χ2v) is 5.97. The lowest BCUT2D eigenvalue weighted by Gasteiger charge is -2.05. The summed E-state index contributed by atoms with van der Waals surface area (Å²) in [6.45, 7) is 1.78. The molecule has 0 aliphatic rings. The number of methoxy groups -OCH3 is 1. The Morgan fingerprint density at radius 1 is 1.12 bits per heavy atom. The van der Waals surface area contributed by atoms with Crippen LogP contribution in [0.2, 0.25) is 0 Å². The molecule has 0 atom stereocenters. The quantitative estimate of drug-likeness (QED) is 0.646. The molecule has 3 aromatic rings. The predicted octanol–water partition coefficient (Wildman–Crippen LogP) is 4.14. The van der Waals surface area contributed by atoms with Gasteiger partial charge in [0.2, 0.25) is 5.91 Å². The van der Waals surface area contributed by atoms with Crippen LogP contribution in [0.25, 0.3) is 11.1 Å². The largest absolute Gasteiger partial charge is 0.497 e. The number of ketones is 1. The number of benzene rings is 2. The molecule has 1 amide bonds. The molecule has 0 saturated heterocycles. The van der Waals surface area contributed by atoms with Gasteiger partial charge in [-0.25, -0.2) is 4.98 Å². The molecule has 0 aliphatic heterocycles. The number of nitrogens with zero attached hydrogens (tertiary/aromatic N) is 1. The van der Waals surface area contributed by atoms with Gasteiger partial charge >= 0.3 is 0 Å². The van der Waals surface area contributed by atoms with E-state index in [-0.39, 0.29) is 18.1 Å². The normalized spacial score (nSPS) is 10.7. The minimum absolute atomic E-state index is 0.0130. The van der Waals surface area contributed by atoms with Crippen LogP contribution in [-0.2, 0) is 4.79 Å². The molecule has 6 nitrogen and oxygen atoms in total. The summed E-state index contributed by atoms with van der Waals surface area (Å²) in [7, 11) is 1.58. The Balaban J connectivity index is 1.49. The fraction of sp³-hybridized carbons (Fsp3) is 0.250. The highest BCUT2D eigenvalue weighted by Crippen LogP contribution is 2.20. The number of anilines is 1. The Labute approximate surface area is 151 Å². The number of carbonyl (C=O) groups excluding carboxylic acids is 2. The molecule has 0 saturated carbocycles. The maximum absolute atomic E-state index is 12.1. The van der Waals surface area contributed by atoms with Crippen molar-refractivity contribution in [3.05, 3.63) is 53.9 Å². The van der Waals surface area contributed by atoms with Crippen molar-refractivity contribution in [1.29, 1.82) is 0 Å². The van der Waals surface area contributed by atoms with E-state index in [0.717, 1.165) is 5.52 Å². The fourth-order valence-electron chi connectivity index (χ4n) is 2.67. The van der Waals surface area contributed by atoms with E-state index < -0.39 is 0 Å². The molecule has 0 fully saturated rings. The number of aromatic nitrogens is 1. The van der Waals surface area contributed by atoms with Crippen LogP contribution in [0.15, 0.2) is 46.9 Å². The molecule has 0 radical (unpaired) electrons. The summed E-state index contributed by atoms with van der Waals surface area (Å²) in [5.74, 6) is 1.17. The lowest BCUT2D eigenvalue weighted by molar-refractivity contribution is -0.116. The Bertz CT molecular complexity index is 929. The summed E-state index contributed by atoms with van der Waals surface area (Å²) in [4.78, 5) is 28.4. The molecule has 0 spiro atoms. The number of amides is 1. The van der Waals surface area contributed by atoms with E-state index in [1.807, 2.05) is 0 Å².